The van der Waals surface area contributed by atoms with Crippen LogP contribution in [0.2, 0.25) is 0 Å². The molecule has 2 amide bonds. The van der Waals surface area contributed by atoms with E-state index in [0.717, 1.165) is 90.5 Å². The molecule has 8 aliphatic rings. The third-order valence-corrected chi connectivity index (χ3v) is 18.4. The molecule has 1 spiro atoms. The first-order valence-corrected chi connectivity index (χ1v) is 28.4. The van der Waals surface area contributed by atoms with E-state index in [-0.39, 0.29) is 53.7 Å². The van der Waals surface area contributed by atoms with Crippen molar-refractivity contribution in [3.63, 3.8) is 0 Å². The van der Waals surface area contributed by atoms with Crippen molar-refractivity contribution in [2.75, 3.05) is 111 Å². The lowest BCUT2D eigenvalue weighted by atomic mass is 9.76. The predicted molar refractivity (Wildman–Crippen MR) is 287 cm³/mol. The number of hydrogen-bond donors (Lipinski definition) is 2. The van der Waals surface area contributed by atoms with Crippen LogP contribution in [0.25, 0.3) is 33.4 Å². The number of nitrogens with one attached hydrogen (secondary N) is 2. The summed E-state index contributed by atoms with van der Waals surface area (Å²) in [6.07, 6.45) is 7.59. The molecular weight excluding hydrogens is 965 g/mol. The molecule has 1 aromatic carbocycles. The van der Waals surface area contributed by atoms with E-state index in [9.17, 15) is 9.59 Å². The van der Waals surface area contributed by atoms with Crippen LogP contribution in [-0.4, -0.2) is 176 Å². The number of benzene rings is 1. The van der Waals surface area contributed by atoms with Crippen LogP contribution in [0.1, 0.15) is 103 Å². The van der Waals surface area contributed by atoms with Crippen molar-refractivity contribution in [3.8, 4) is 22.5 Å². The third kappa shape index (κ3) is 9.65. The zero-order chi connectivity index (χ0) is 52.8. The smallest absolute Gasteiger partial charge is 0.324 e. The summed E-state index contributed by atoms with van der Waals surface area (Å²) in [6, 6.07) is 7.30. The maximum Gasteiger partial charge on any atom is 0.324 e. The Morgan fingerprint density at radius 2 is 1.74 bits per heavy atom. The molecule has 2 aliphatic carbocycles. The second-order valence-corrected chi connectivity index (χ2v) is 25.0. The molecule has 76 heavy (non-hydrogen) atoms. The van der Waals surface area contributed by atoms with Crippen molar-refractivity contribution in [2.45, 2.75) is 110 Å². The Morgan fingerprint density at radius 3 is 2.42 bits per heavy atom. The fraction of sp³-hybridized carbons (Fsp3) is 0.672. The van der Waals surface area contributed by atoms with E-state index >= 15 is 4.79 Å². The molecule has 7 fully saturated rings. The Morgan fingerprint density at radius 1 is 0.961 bits per heavy atom. The lowest BCUT2D eigenvalue weighted by Gasteiger charge is -2.57. The number of rotatable bonds is 13. The van der Waals surface area contributed by atoms with Crippen LogP contribution in [0.3, 0.4) is 0 Å². The van der Waals surface area contributed by atoms with Crippen LogP contribution < -0.4 is 15.6 Å². The lowest BCUT2D eigenvalue weighted by Crippen LogP contribution is -2.70. The van der Waals surface area contributed by atoms with Crippen LogP contribution in [0, 0.1) is 34.5 Å². The molecule has 5 saturated heterocycles. The molecule has 9 heterocycles. The number of ether oxygens (including phenoxy) is 4. The highest BCUT2D eigenvalue weighted by atomic mass is 16.5. The number of nitrogens with zero attached hydrogens (tertiary/aromatic N) is 8. The first-order chi connectivity index (χ1) is 36.6. The standard InChI is InChI=1S/C58H80N10O8/c1-34(2)47-35(3)48(47)53(69)61-50-52(66-29-58(30-66)32-74-33-58)54-60-45(28-75-54)37-11-14-46-41(22-37)43(24-57(5,6)31-76-56(71)44-10-9-15-67(62-44)55(50)70)51(68(46)40-26-65(27-40)38-12-13-38)42-23-39(25-59-49(42)36(4)73-8)64-18-16-63(17-19-64)20-21-72-7/h11,14,22-23,25,28,34-36,38,40,44,47-48,50,52,62H,9-10,12-13,15-21,24,26-27,29-33H2,1-8H3,(H,61,69)/t35-,36+,44+,47+,48+,50+,52+/m1/s1. The first kappa shape index (κ1) is 51.8. The van der Waals surface area contributed by atoms with E-state index in [1.165, 1.54) is 17.9 Å². The van der Waals surface area contributed by atoms with Gasteiger partial charge in [-0.3, -0.25) is 39.1 Å². The van der Waals surface area contributed by atoms with Gasteiger partial charge in [-0.25, -0.2) is 10.4 Å². The number of likely N-dealkylation sites (tertiary alicyclic amines) is 2. The van der Waals surface area contributed by atoms with E-state index in [2.05, 4.69) is 101 Å². The molecule has 2 N–H and O–H groups in total. The summed E-state index contributed by atoms with van der Waals surface area (Å²) >= 11 is 0. The van der Waals surface area contributed by atoms with Gasteiger partial charge in [0, 0.05) is 124 Å². The molecule has 12 rings (SSSR count). The quantitative estimate of drug-likeness (QED) is 0.152. The minimum Gasteiger partial charge on any atom is -0.464 e. The van der Waals surface area contributed by atoms with Gasteiger partial charge in [-0.05, 0) is 80.5 Å². The maximum absolute atomic E-state index is 15.3. The predicted octanol–water partition coefficient (Wildman–Crippen LogP) is 5.87. The van der Waals surface area contributed by atoms with E-state index < -0.39 is 29.5 Å². The Balaban J connectivity index is 1.00. The Bertz CT molecular complexity index is 2820. The fourth-order valence-corrected chi connectivity index (χ4v) is 13.8. The van der Waals surface area contributed by atoms with E-state index in [1.807, 2.05) is 6.20 Å². The number of piperazine rings is 1. The number of fused-ring (bicyclic) bond motifs is 6. The number of carbonyl (C=O) groups is 3. The van der Waals surface area contributed by atoms with E-state index in [0.29, 0.717) is 82.3 Å². The van der Waals surface area contributed by atoms with Crippen LogP contribution in [0.4, 0.5) is 5.69 Å². The molecule has 2 saturated carbocycles. The monoisotopic (exact) mass is 1040 g/mol. The Labute approximate surface area is 447 Å². The zero-order valence-corrected chi connectivity index (χ0v) is 46.0. The number of anilines is 1. The number of hydrazine groups is 1. The van der Waals surface area contributed by atoms with Gasteiger partial charge in [-0.15, -0.1) is 0 Å². The van der Waals surface area contributed by atoms with Crippen molar-refractivity contribution >= 4 is 34.4 Å². The number of esters is 1. The first-order valence-electron chi connectivity index (χ1n) is 28.4. The number of aromatic nitrogens is 3. The van der Waals surface area contributed by atoms with Gasteiger partial charge in [0.25, 0.3) is 5.91 Å². The van der Waals surface area contributed by atoms with Gasteiger partial charge in [-0.2, -0.15) is 0 Å². The average molecular weight is 1050 g/mol. The summed E-state index contributed by atoms with van der Waals surface area (Å²) in [5, 5.41) is 5.92. The summed E-state index contributed by atoms with van der Waals surface area (Å²) in [7, 11) is 3.51. The molecule has 410 valence electrons. The summed E-state index contributed by atoms with van der Waals surface area (Å²) in [5.41, 5.74) is 10.6. The molecular formula is C58H80N10O8. The fourth-order valence-electron chi connectivity index (χ4n) is 13.8. The molecule has 4 aromatic rings. The summed E-state index contributed by atoms with van der Waals surface area (Å²) < 4.78 is 32.9. The van der Waals surface area contributed by atoms with Crippen molar-refractivity contribution in [1.82, 2.24) is 45.0 Å². The molecule has 0 radical (unpaired) electrons. The average Bonchev–Trinajstić information content (AvgIpc) is 4.29. The zero-order valence-electron chi connectivity index (χ0n) is 46.0. The minimum atomic E-state index is -1.06. The Hall–Kier alpha value is -4.95. The number of hydrogen-bond acceptors (Lipinski definition) is 15. The number of carbonyl (C=O) groups excluding carboxylic acids is 3. The van der Waals surface area contributed by atoms with Crippen LogP contribution >= 0.6 is 0 Å². The molecule has 0 unspecified atom stereocenters. The number of pyridine rings is 1. The highest BCUT2D eigenvalue weighted by Crippen LogP contribution is 2.52. The highest BCUT2D eigenvalue weighted by molar-refractivity contribution is 5.96. The number of methoxy groups -OCH3 is 2. The van der Waals surface area contributed by atoms with Gasteiger partial charge < -0.3 is 38.1 Å². The minimum absolute atomic E-state index is 0.0176. The second-order valence-electron chi connectivity index (χ2n) is 25.0. The second kappa shape index (κ2) is 20.4. The molecule has 7 atom stereocenters. The Kier molecular flexibility index (Phi) is 13.9. The van der Waals surface area contributed by atoms with Gasteiger partial charge >= 0.3 is 5.97 Å². The summed E-state index contributed by atoms with van der Waals surface area (Å²) in [4.78, 5) is 64.6. The van der Waals surface area contributed by atoms with Gasteiger partial charge in [0.2, 0.25) is 11.8 Å². The number of oxazole rings is 1. The number of amides is 2. The number of cyclic esters (lactones) is 1. The molecule has 6 aliphatic heterocycles. The van der Waals surface area contributed by atoms with Gasteiger partial charge in [0.1, 0.15) is 30.1 Å². The molecule has 6 bridgehead atoms. The van der Waals surface area contributed by atoms with Crippen LogP contribution in [-0.2, 0) is 39.8 Å². The van der Waals surface area contributed by atoms with Crippen molar-refractivity contribution in [3.05, 3.63) is 53.9 Å². The molecule has 18 heteroatoms. The van der Waals surface area contributed by atoms with Gasteiger partial charge in [-0.1, -0.05) is 40.7 Å². The molecule has 18 nitrogen and oxygen atoms in total. The topological polar surface area (TPSA) is 172 Å². The normalized spacial score (nSPS) is 28.7. The summed E-state index contributed by atoms with van der Waals surface area (Å²) in [6.45, 7) is 23.1. The lowest BCUT2D eigenvalue weighted by molar-refractivity contribution is -0.204. The van der Waals surface area contributed by atoms with Crippen molar-refractivity contribution in [2.24, 2.45) is 34.5 Å². The largest absolute Gasteiger partial charge is 0.464 e. The van der Waals surface area contributed by atoms with Gasteiger partial charge in [0.05, 0.1) is 61.8 Å². The van der Waals surface area contributed by atoms with Crippen molar-refractivity contribution < 1.29 is 37.7 Å². The molecule has 3 aromatic heterocycles. The van der Waals surface area contributed by atoms with E-state index in [1.54, 1.807) is 20.5 Å². The summed E-state index contributed by atoms with van der Waals surface area (Å²) in [5.74, 6) is -0.0107. The SMILES string of the molecule is COCCN1CCN(c2cnc([C@H](C)OC)c(-c3c4c5cc(ccc5n3C3CN(C5CC5)C3)-c3coc(n3)[C@@H](N3CC5(COC5)C3)[C@H](NC(=O)[C@H]3[C@H](C)[C@@H]3C(C)C)C(=O)N3CCC[C@H](N3)C(=O)OCC(C)(C)C4)c2)CC1. The third-order valence-electron chi connectivity index (χ3n) is 18.4. The van der Waals surface area contributed by atoms with Crippen LogP contribution in [0.15, 0.2) is 41.1 Å². The van der Waals surface area contributed by atoms with Crippen molar-refractivity contribution in [1.29, 1.82) is 0 Å². The van der Waals surface area contributed by atoms with Gasteiger partial charge in [0.15, 0.2) is 0 Å². The maximum atomic E-state index is 15.3. The van der Waals surface area contributed by atoms with Crippen LogP contribution in [0.5, 0.6) is 0 Å². The highest BCUT2D eigenvalue weighted by Gasteiger charge is 2.57. The van der Waals surface area contributed by atoms with E-state index in [4.69, 9.17) is 33.3 Å².